The summed E-state index contributed by atoms with van der Waals surface area (Å²) in [5, 5.41) is 1.89. The molecule has 0 saturated heterocycles. The van der Waals surface area contributed by atoms with Crippen LogP contribution in [0.25, 0.3) is 0 Å². The summed E-state index contributed by atoms with van der Waals surface area (Å²) in [7, 11) is 3.70. The second-order valence-electron chi connectivity index (χ2n) is 5.99. The largest absolute Gasteiger partial charge is 0.324 e. The summed E-state index contributed by atoms with van der Waals surface area (Å²) >= 11 is 1.82. The van der Waals surface area contributed by atoms with Gasteiger partial charge in [0, 0.05) is 31.2 Å². The van der Waals surface area contributed by atoms with E-state index < -0.39 is 0 Å². The molecule has 0 unspecified atom stereocenters. The molecule has 3 rings (SSSR count). The van der Waals surface area contributed by atoms with Crippen molar-refractivity contribution in [2.24, 2.45) is 0 Å². The van der Waals surface area contributed by atoms with Crippen molar-refractivity contribution in [2.45, 2.75) is 35.5 Å². The van der Waals surface area contributed by atoms with Crippen LogP contribution in [-0.4, -0.2) is 37.3 Å². The van der Waals surface area contributed by atoms with E-state index in [1.807, 2.05) is 36.1 Å². The van der Waals surface area contributed by atoms with Gasteiger partial charge >= 0.3 is 0 Å². The Kier molecular flexibility index (Phi) is 6.12. The van der Waals surface area contributed by atoms with E-state index in [-0.39, 0.29) is 0 Å². The highest BCUT2D eigenvalue weighted by molar-refractivity contribution is 7.99. The third-order valence-corrected chi connectivity index (χ3v) is 5.40. The molecular weight excluding hydrogens is 318 g/mol. The Morgan fingerprint density at radius 1 is 1.04 bits per heavy atom. The van der Waals surface area contributed by atoms with Gasteiger partial charge in [0.05, 0.1) is 17.7 Å². The second-order valence-corrected chi connectivity index (χ2v) is 7.08. The van der Waals surface area contributed by atoms with Gasteiger partial charge in [0.15, 0.2) is 0 Å². The first-order chi connectivity index (χ1) is 11.8. The van der Waals surface area contributed by atoms with Crippen molar-refractivity contribution in [3.05, 3.63) is 42.6 Å². The lowest BCUT2D eigenvalue weighted by molar-refractivity contribution is -0.109. The molecule has 0 spiro atoms. The number of hydroxylamine groups is 2. The van der Waals surface area contributed by atoms with Gasteiger partial charge in [-0.2, -0.15) is 5.06 Å². The van der Waals surface area contributed by atoms with E-state index >= 15 is 0 Å². The number of hydrogen-bond donors (Lipinski definition) is 0. The van der Waals surface area contributed by atoms with Gasteiger partial charge < -0.3 is 9.74 Å². The van der Waals surface area contributed by atoms with E-state index in [0.29, 0.717) is 0 Å². The van der Waals surface area contributed by atoms with Gasteiger partial charge in [0.1, 0.15) is 5.82 Å². The number of nitrogens with zero attached hydrogens (tertiary/aromatic N) is 3. The van der Waals surface area contributed by atoms with Crippen LogP contribution in [0.4, 0.5) is 11.5 Å². The van der Waals surface area contributed by atoms with Crippen molar-refractivity contribution < 1.29 is 4.84 Å². The van der Waals surface area contributed by atoms with Gasteiger partial charge in [-0.05, 0) is 37.1 Å². The molecule has 0 N–H and O–H groups in total. The molecule has 0 bridgehead atoms. The van der Waals surface area contributed by atoms with Crippen LogP contribution in [0.15, 0.2) is 52.4 Å². The summed E-state index contributed by atoms with van der Waals surface area (Å²) in [6.07, 6.45) is 6.69. The second kappa shape index (κ2) is 8.51. The van der Waals surface area contributed by atoms with Gasteiger partial charge in [0.25, 0.3) is 0 Å². The summed E-state index contributed by atoms with van der Waals surface area (Å²) in [4.78, 5) is 14.7. The Labute approximate surface area is 148 Å². The number of fused-ring (bicyclic) bond motifs is 2. The number of aromatic nitrogens is 1. The third-order valence-electron chi connectivity index (χ3n) is 4.30. The fourth-order valence-electron chi connectivity index (χ4n) is 2.94. The van der Waals surface area contributed by atoms with Gasteiger partial charge in [-0.1, -0.05) is 36.7 Å². The number of benzene rings is 1. The maximum absolute atomic E-state index is 5.14. The van der Waals surface area contributed by atoms with Crippen LogP contribution in [0.1, 0.15) is 25.7 Å². The van der Waals surface area contributed by atoms with Crippen LogP contribution in [0.3, 0.4) is 0 Å². The number of hydrogen-bond acceptors (Lipinski definition) is 5. The summed E-state index contributed by atoms with van der Waals surface area (Å²) in [6.45, 7) is 2.01. The topological polar surface area (TPSA) is 28.6 Å². The number of unbranched alkanes of at least 4 members (excludes halogenated alkanes) is 3. The molecule has 2 heterocycles. The Bertz CT molecular complexity index is 619. The van der Waals surface area contributed by atoms with Gasteiger partial charge in [-0.25, -0.2) is 4.98 Å². The first-order valence-corrected chi connectivity index (χ1v) is 9.36. The molecule has 0 amide bonds. The monoisotopic (exact) mass is 343 g/mol. The average Bonchev–Trinajstić information content (AvgIpc) is 2.63. The van der Waals surface area contributed by atoms with Gasteiger partial charge in [-0.15, -0.1) is 0 Å². The highest BCUT2D eigenvalue weighted by atomic mass is 32.2. The molecule has 0 fully saturated rings. The average molecular weight is 343 g/mol. The fraction of sp³-hybridized carbons (Fsp3) is 0.421. The maximum Gasteiger partial charge on any atom is 0.147 e. The quantitative estimate of drug-likeness (QED) is 0.510. The van der Waals surface area contributed by atoms with Crippen molar-refractivity contribution in [1.29, 1.82) is 0 Å². The molecule has 0 radical (unpaired) electrons. The van der Waals surface area contributed by atoms with E-state index in [2.05, 4.69) is 40.2 Å². The van der Waals surface area contributed by atoms with Crippen LogP contribution in [0, 0.1) is 0 Å². The smallest absolute Gasteiger partial charge is 0.147 e. The molecule has 0 atom stereocenters. The molecule has 2 aromatic rings. The molecule has 0 aliphatic carbocycles. The summed E-state index contributed by atoms with van der Waals surface area (Å²) in [5.74, 6) is 1.10. The molecule has 0 saturated carbocycles. The minimum Gasteiger partial charge on any atom is -0.324 e. The minimum atomic E-state index is 0.990. The highest BCUT2D eigenvalue weighted by Crippen LogP contribution is 2.46. The predicted molar refractivity (Wildman–Crippen MR) is 99.9 cm³/mol. The van der Waals surface area contributed by atoms with Gasteiger partial charge in [0.2, 0.25) is 0 Å². The van der Waals surface area contributed by atoms with Crippen molar-refractivity contribution in [1.82, 2.24) is 10.0 Å². The molecule has 1 aliphatic rings. The van der Waals surface area contributed by atoms with Crippen LogP contribution >= 0.6 is 11.8 Å². The molecule has 4 nitrogen and oxygen atoms in total. The lowest BCUT2D eigenvalue weighted by atomic mass is 10.1. The standard InChI is InChI=1S/C19H25N3OS/c1-21(23-2)14-7-3-4-8-15-22-16-10-5-6-11-17(16)24-18-12-9-13-20-19(18)22/h5-6,9-13H,3-4,7-8,14-15H2,1-2H3. The van der Waals surface area contributed by atoms with Crippen LogP contribution < -0.4 is 4.90 Å². The first-order valence-electron chi connectivity index (χ1n) is 8.54. The van der Waals surface area contributed by atoms with Crippen molar-refractivity contribution in [3.8, 4) is 0 Å². The van der Waals surface area contributed by atoms with E-state index in [1.165, 1.54) is 41.2 Å². The van der Waals surface area contributed by atoms with Crippen molar-refractivity contribution >= 4 is 23.3 Å². The number of anilines is 2. The molecular formula is C19H25N3OS. The van der Waals surface area contributed by atoms with Crippen LogP contribution in [-0.2, 0) is 4.84 Å². The maximum atomic E-state index is 5.14. The normalized spacial score (nSPS) is 13.0. The van der Waals surface area contributed by atoms with E-state index in [9.17, 15) is 0 Å². The molecule has 24 heavy (non-hydrogen) atoms. The Morgan fingerprint density at radius 2 is 1.83 bits per heavy atom. The molecule has 128 valence electrons. The summed E-state index contributed by atoms with van der Waals surface area (Å²) in [5.41, 5.74) is 1.29. The van der Waals surface area contributed by atoms with E-state index in [0.717, 1.165) is 18.9 Å². The third kappa shape index (κ3) is 4.09. The number of pyridine rings is 1. The summed E-state index contributed by atoms with van der Waals surface area (Å²) in [6, 6.07) is 12.8. The lowest BCUT2D eigenvalue weighted by Crippen LogP contribution is -2.23. The number of para-hydroxylation sites is 1. The molecule has 5 heteroatoms. The minimum absolute atomic E-state index is 0.990. The van der Waals surface area contributed by atoms with Gasteiger partial charge in [-0.3, -0.25) is 0 Å². The Hall–Kier alpha value is -1.56. The van der Waals surface area contributed by atoms with E-state index in [4.69, 9.17) is 4.84 Å². The zero-order valence-electron chi connectivity index (χ0n) is 14.4. The number of rotatable bonds is 8. The Morgan fingerprint density at radius 3 is 2.71 bits per heavy atom. The van der Waals surface area contributed by atoms with Crippen molar-refractivity contribution in [2.75, 3.05) is 32.1 Å². The molecule has 1 aliphatic heterocycles. The fourth-order valence-corrected chi connectivity index (χ4v) is 4.01. The van der Waals surface area contributed by atoms with Crippen LogP contribution in [0.5, 0.6) is 0 Å². The zero-order valence-corrected chi connectivity index (χ0v) is 15.3. The van der Waals surface area contributed by atoms with E-state index in [1.54, 1.807) is 7.11 Å². The van der Waals surface area contributed by atoms with Crippen LogP contribution in [0.2, 0.25) is 0 Å². The predicted octanol–water partition coefficient (Wildman–Crippen LogP) is 4.74. The lowest BCUT2D eigenvalue weighted by Gasteiger charge is -2.31. The summed E-state index contributed by atoms with van der Waals surface area (Å²) < 4.78 is 0. The van der Waals surface area contributed by atoms with Crippen molar-refractivity contribution in [3.63, 3.8) is 0 Å². The first kappa shape index (κ1) is 17.3. The highest BCUT2D eigenvalue weighted by Gasteiger charge is 2.23. The zero-order chi connectivity index (χ0) is 16.8. The molecule has 1 aromatic carbocycles. The molecule has 1 aromatic heterocycles. The Balaban J connectivity index is 1.59. The SMILES string of the molecule is CON(C)CCCCCCN1c2ccccc2Sc2cccnc21.